The first-order valence-electron chi connectivity index (χ1n) is 6.87. The lowest BCUT2D eigenvalue weighted by molar-refractivity contribution is -0.384. The van der Waals surface area contributed by atoms with Gasteiger partial charge in [-0.05, 0) is 30.9 Å². The van der Waals surface area contributed by atoms with E-state index in [-0.39, 0.29) is 28.8 Å². The summed E-state index contributed by atoms with van der Waals surface area (Å²) in [6.07, 6.45) is 0.633. The third kappa shape index (κ3) is 4.15. The number of nitro groups is 1. The zero-order chi connectivity index (χ0) is 17.3. The van der Waals surface area contributed by atoms with Gasteiger partial charge in [-0.1, -0.05) is 0 Å². The number of nitro benzene ring substituents is 1. The Hall–Kier alpha value is -1.78. The smallest absolute Gasteiger partial charge is 0.293 e. The number of nitrogens with one attached hydrogen (secondary N) is 1. The molecule has 0 aromatic heterocycles. The van der Waals surface area contributed by atoms with Crippen molar-refractivity contribution < 1.29 is 22.5 Å². The molecule has 1 fully saturated rings. The summed E-state index contributed by atoms with van der Waals surface area (Å²) in [5, 5.41) is 18.9. The van der Waals surface area contributed by atoms with Crippen molar-refractivity contribution in [2.75, 3.05) is 25.6 Å². The number of halogens is 1. The molecule has 1 aliphatic rings. The molecule has 8 nitrogen and oxygen atoms in total. The summed E-state index contributed by atoms with van der Waals surface area (Å²) in [5.41, 5.74) is -1.55. The zero-order valence-corrected chi connectivity index (χ0v) is 13.3. The second kappa shape index (κ2) is 6.38. The number of hydrogen-bond acceptors (Lipinski definition) is 6. The van der Waals surface area contributed by atoms with Crippen LogP contribution in [-0.2, 0) is 14.8 Å². The second-order valence-electron chi connectivity index (χ2n) is 5.72. The van der Waals surface area contributed by atoms with E-state index in [1.165, 1.54) is 19.2 Å². The molecule has 3 N–H and O–H groups in total. The van der Waals surface area contributed by atoms with Gasteiger partial charge in [0.15, 0.2) is 0 Å². The van der Waals surface area contributed by atoms with E-state index >= 15 is 0 Å². The van der Waals surface area contributed by atoms with Gasteiger partial charge in [-0.15, -0.1) is 0 Å². The number of benzene rings is 1. The molecule has 0 unspecified atom stereocenters. The summed E-state index contributed by atoms with van der Waals surface area (Å²) >= 11 is 0. The molecule has 1 aromatic carbocycles. The summed E-state index contributed by atoms with van der Waals surface area (Å²) in [7, 11) is -2.58. The maximum absolute atomic E-state index is 13.9. The Bertz CT molecular complexity index is 704. The Morgan fingerprint density at radius 1 is 1.52 bits per heavy atom. The van der Waals surface area contributed by atoms with Gasteiger partial charge in [0.25, 0.3) is 5.69 Å². The number of nitrogens with two attached hydrogens (primary N) is 1. The van der Waals surface area contributed by atoms with Crippen LogP contribution in [0.1, 0.15) is 12.8 Å². The fraction of sp³-hybridized carbons (Fsp3) is 0.538. The van der Waals surface area contributed by atoms with E-state index in [1.807, 2.05) is 0 Å². The second-order valence-corrected chi connectivity index (χ2v) is 7.28. The Kier molecular flexibility index (Phi) is 4.87. The molecule has 23 heavy (non-hydrogen) atoms. The van der Waals surface area contributed by atoms with Crippen LogP contribution in [0.3, 0.4) is 0 Å². The van der Waals surface area contributed by atoms with Gasteiger partial charge in [0.2, 0.25) is 10.0 Å². The largest absolute Gasteiger partial charge is 0.381 e. The van der Waals surface area contributed by atoms with Crippen molar-refractivity contribution in [1.82, 2.24) is 0 Å². The minimum absolute atomic E-state index is 0.0344. The van der Waals surface area contributed by atoms with Crippen molar-refractivity contribution in [2.24, 2.45) is 11.1 Å². The quantitative estimate of drug-likeness (QED) is 0.568. The predicted octanol–water partition coefficient (Wildman–Crippen LogP) is 1.42. The SMILES string of the molecule is COC[C@]1(F)C[C@H](CNc2ccc(S(N)(=O)=O)cc2[N+](=O)[O-])C1. The number of methoxy groups -OCH3 is 1. The van der Waals surface area contributed by atoms with Gasteiger partial charge in [-0.25, -0.2) is 17.9 Å². The number of nitrogens with zero attached hydrogens (tertiary/aromatic N) is 1. The lowest BCUT2D eigenvalue weighted by Crippen LogP contribution is -2.46. The molecule has 10 heteroatoms. The minimum atomic E-state index is -4.02. The Morgan fingerprint density at radius 2 is 2.17 bits per heavy atom. The predicted molar refractivity (Wildman–Crippen MR) is 81.4 cm³/mol. The molecular weight excluding hydrogens is 329 g/mol. The summed E-state index contributed by atoms with van der Waals surface area (Å²) in [6.45, 7) is 0.387. The lowest BCUT2D eigenvalue weighted by atomic mass is 9.72. The monoisotopic (exact) mass is 347 g/mol. The van der Waals surface area contributed by atoms with Crippen LogP contribution in [0.15, 0.2) is 23.1 Å². The lowest BCUT2D eigenvalue weighted by Gasteiger charge is -2.41. The zero-order valence-electron chi connectivity index (χ0n) is 12.5. The van der Waals surface area contributed by atoms with E-state index in [4.69, 9.17) is 9.88 Å². The molecule has 128 valence electrons. The summed E-state index contributed by atoms with van der Waals surface area (Å²) in [4.78, 5) is 10.0. The van der Waals surface area contributed by atoms with Gasteiger partial charge in [-0.3, -0.25) is 10.1 Å². The molecule has 0 amide bonds. The number of primary sulfonamides is 1. The van der Waals surface area contributed by atoms with Crippen molar-refractivity contribution in [3.63, 3.8) is 0 Å². The molecule has 0 atom stereocenters. The van der Waals surface area contributed by atoms with Crippen molar-refractivity contribution in [3.8, 4) is 0 Å². The number of anilines is 1. The van der Waals surface area contributed by atoms with E-state index in [0.717, 1.165) is 6.07 Å². The number of rotatable bonds is 7. The van der Waals surface area contributed by atoms with E-state index in [0.29, 0.717) is 19.4 Å². The van der Waals surface area contributed by atoms with E-state index in [2.05, 4.69) is 5.32 Å². The maximum Gasteiger partial charge on any atom is 0.293 e. The van der Waals surface area contributed by atoms with Crippen LogP contribution in [0.5, 0.6) is 0 Å². The normalized spacial score (nSPS) is 24.0. The molecule has 0 saturated heterocycles. The van der Waals surface area contributed by atoms with Crippen LogP contribution in [0.2, 0.25) is 0 Å². The van der Waals surface area contributed by atoms with E-state index in [1.54, 1.807) is 0 Å². The molecule has 1 saturated carbocycles. The first-order chi connectivity index (χ1) is 10.6. The molecule has 0 aliphatic heterocycles. The third-order valence-corrected chi connectivity index (χ3v) is 4.70. The number of alkyl halides is 1. The first-order valence-corrected chi connectivity index (χ1v) is 8.42. The molecule has 0 radical (unpaired) electrons. The van der Waals surface area contributed by atoms with Gasteiger partial charge in [-0.2, -0.15) is 0 Å². The maximum atomic E-state index is 13.9. The Morgan fingerprint density at radius 3 is 2.70 bits per heavy atom. The highest BCUT2D eigenvalue weighted by molar-refractivity contribution is 7.89. The average molecular weight is 347 g/mol. The van der Waals surface area contributed by atoms with Gasteiger partial charge in [0.05, 0.1) is 16.4 Å². The Labute approximate surface area is 133 Å². The van der Waals surface area contributed by atoms with Crippen molar-refractivity contribution in [2.45, 2.75) is 23.4 Å². The molecule has 2 rings (SSSR count). The van der Waals surface area contributed by atoms with Gasteiger partial charge in [0.1, 0.15) is 11.4 Å². The molecular formula is C13H18FN3O5S. The highest BCUT2D eigenvalue weighted by atomic mass is 32.2. The standard InChI is InChI=1S/C13H18FN3O5S/c1-22-8-13(14)5-9(6-13)7-16-11-3-2-10(23(15,20)21)4-12(11)17(18)19/h2-4,9,16H,5-8H2,1H3,(H2,15,20,21)/t9-,13-. The number of sulfonamides is 1. The summed E-state index contributed by atoms with van der Waals surface area (Å²) in [6, 6.07) is 3.38. The fourth-order valence-corrected chi connectivity index (χ4v) is 3.27. The topological polar surface area (TPSA) is 125 Å². The summed E-state index contributed by atoms with van der Waals surface area (Å²) in [5.74, 6) is 0.0349. The van der Waals surface area contributed by atoms with E-state index < -0.39 is 20.6 Å². The molecule has 0 heterocycles. The van der Waals surface area contributed by atoms with Crippen molar-refractivity contribution >= 4 is 21.4 Å². The summed E-state index contributed by atoms with van der Waals surface area (Å²) < 4.78 is 41.2. The molecule has 1 aliphatic carbocycles. The molecule has 0 bridgehead atoms. The average Bonchev–Trinajstić information content (AvgIpc) is 2.41. The van der Waals surface area contributed by atoms with Gasteiger partial charge in [0, 0.05) is 19.7 Å². The van der Waals surface area contributed by atoms with Crippen LogP contribution >= 0.6 is 0 Å². The van der Waals surface area contributed by atoms with Crippen LogP contribution < -0.4 is 10.5 Å². The van der Waals surface area contributed by atoms with Crippen LogP contribution in [0.4, 0.5) is 15.8 Å². The Balaban J connectivity index is 2.05. The van der Waals surface area contributed by atoms with Crippen molar-refractivity contribution in [3.05, 3.63) is 28.3 Å². The van der Waals surface area contributed by atoms with Gasteiger partial charge >= 0.3 is 0 Å². The highest BCUT2D eigenvalue weighted by Crippen LogP contribution is 2.41. The van der Waals surface area contributed by atoms with Crippen molar-refractivity contribution in [1.29, 1.82) is 0 Å². The molecule has 1 aromatic rings. The fourth-order valence-electron chi connectivity index (χ4n) is 2.74. The highest BCUT2D eigenvalue weighted by Gasteiger charge is 2.44. The van der Waals surface area contributed by atoms with E-state index in [9.17, 15) is 22.9 Å². The van der Waals surface area contributed by atoms with Gasteiger partial charge < -0.3 is 10.1 Å². The third-order valence-electron chi connectivity index (χ3n) is 3.79. The minimum Gasteiger partial charge on any atom is -0.381 e. The van der Waals surface area contributed by atoms with Crippen LogP contribution in [0, 0.1) is 16.0 Å². The number of hydrogen-bond donors (Lipinski definition) is 2. The molecule has 0 spiro atoms. The first kappa shape index (κ1) is 17.6. The van der Waals surface area contributed by atoms with Crippen LogP contribution in [0.25, 0.3) is 0 Å². The van der Waals surface area contributed by atoms with Crippen LogP contribution in [-0.4, -0.2) is 39.3 Å². The number of ether oxygens (including phenoxy) is 1.